The SMILES string of the molecule is CCOCCn1c(SC(C(=O)Nc2ccc(Cl)cc2C(F)(F)F)c2ccccc2)nnc1-c1ccc(Cl)cc1. The summed E-state index contributed by atoms with van der Waals surface area (Å²) in [7, 11) is 0. The molecule has 1 unspecified atom stereocenters. The number of ether oxygens (including phenoxy) is 1. The van der Waals surface area contributed by atoms with E-state index in [0.717, 1.165) is 29.5 Å². The molecule has 0 radical (unpaired) electrons. The fraction of sp³-hybridized carbons (Fsp3) is 0.222. The summed E-state index contributed by atoms with van der Waals surface area (Å²) in [4.78, 5) is 13.5. The number of hydrogen-bond donors (Lipinski definition) is 1. The van der Waals surface area contributed by atoms with Crippen molar-refractivity contribution in [1.82, 2.24) is 14.8 Å². The van der Waals surface area contributed by atoms with Crippen molar-refractivity contribution in [2.45, 2.75) is 30.1 Å². The predicted molar refractivity (Wildman–Crippen MR) is 147 cm³/mol. The Morgan fingerprint density at radius 1 is 1.03 bits per heavy atom. The van der Waals surface area contributed by atoms with Crippen LogP contribution in [0.3, 0.4) is 0 Å². The number of carbonyl (C=O) groups excluding carboxylic acids is 1. The minimum Gasteiger partial charge on any atom is -0.380 e. The average molecular weight is 595 g/mol. The van der Waals surface area contributed by atoms with Crippen molar-refractivity contribution in [3.63, 3.8) is 0 Å². The van der Waals surface area contributed by atoms with Crippen molar-refractivity contribution in [2.75, 3.05) is 18.5 Å². The molecule has 1 atom stereocenters. The van der Waals surface area contributed by atoms with Crippen LogP contribution in [0.25, 0.3) is 11.4 Å². The zero-order chi connectivity index (χ0) is 28.0. The van der Waals surface area contributed by atoms with E-state index < -0.39 is 28.6 Å². The zero-order valence-electron chi connectivity index (χ0n) is 20.6. The zero-order valence-corrected chi connectivity index (χ0v) is 22.9. The molecule has 1 N–H and O–H groups in total. The first kappa shape index (κ1) is 28.9. The van der Waals surface area contributed by atoms with Gasteiger partial charge in [0.2, 0.25) is 5.91 Å². The molecule has 1 amide bonds. The molecule has 0 aliphatic rings. The number of hydrogen-bond acceptors (Lipinski definition) is 5. The number of anilines is 1. The highest BCUT2D eigenvalue weighted by molar-refractivity contribution is 8.00. The van der Waals surface area contributed by atoms with Gasteiger partial charge in [0.15, 0.2) is 11.0 Å². The van der Waals surface area contributed by atoms with Crippen LogP contribution in [0.4, 0.5) is 18.9 Å². The second-order valence-corrected chi connectivity index (χ2v) is 10.2. The number of carbonyl (C=O) groups is 1. The summed E-state index contributed by atoms with van der Waals surface area (Å²) < 4.78 is 48.4. The second-order valence-electron chi connectivity index (χ2n) is 8.25. The third-order valence-corrected chi connectivity index (χ3v) is 7.31. The van der Waals surface area contributed by atoms with Crippen LogP contribution in [0.2, 0.25) is 10.0 Å². The highest BCUT2D eigenvalue weighted by atomic mass is 35.5. The summed E-state index contributed by atoms with van der Waals surface area (Å²) in [6.07, 6.45) is -4.71. The molecule has 0 bridgehead atoms. The molecule has 4 rings (SSSR count). The lowest BCUT2D eigenvalue weighted by atomic mass is 10.1. The molecule has 0 aliphatic heterocycles. The largest absolute Gasteiger partial charge is 0.418 e. The van der Waals surface area contributed by atoms with E-state index >= 15 is 0 Å². The summed E-state index contributed by atoms with van der Waals surface area (Å²) in [6, 6.07) is 19.0. The van der Waals surface area contributed by atoms with Crippen LogP contribution in [-0.2, 0) is 22.3 Å². The van der Waals surface area contributed by atoms with Crippen molar-refractivity contribution < 1.29 is 22.7 Å². The number of rotatable bonds is 10. The van der Waals surface area contributed by atoms with E-state index in [1.807, 2.05) is 11.5 Å². The van der Waals surface area contributed by atoms with Crippen molar-refractivity contribution in [3.05, 3.63) is 94.0 Å². The van der Waals surface area contributed by atoms with Crippen LogP contribution in [-0.4, -0.2) is 33.9 Å². The molecule has 0 saturated carbocycles. The van der Waals surface area contributed by atoms with Crippen LogP contribution >= 0.6 is 35.0 Å². The Kier molecular flexibility index (Phi) is 9.55. The van der Waals surface area contributed by atoms with Crippen LogP contribution in [0, 0.1) is 0 Å². The first-order valence-corrected chi connectivity index (χ1v) is 13.5. The Bertz CT molecular complexity index is 1420. The van der Waals surface area contributed by atoms with Gasteiger partial charge in [-0.25, -0.2) is 0 Å². The number of alkyl halides is 3. The highest BCUT2D eigenvalue weighted by Crippen LogP contribution is 2.40. The normalized spacial score (nSPS) is 12.4. The van der Waals surface area contributed by atoms with Crippen LogP contribution in [0.5, 0.6) is 0 Å². The maximum atomic E-state index is 13.7. The Morgan fingerprint density at radius 2 is 1.72 bits per heavy atom. The number of thioether (sulfide) groups is 1. The third kappa shape index (κ3) is 7.33. The molecule has 1 heterocycles. The van der Waals surface area contributed by atoms with Gasteiger partial charge in [-0.15, -0.1) is 10.2 Å². The Hall–Kier alpha value is -3.05. The first-order valence-electron chi connectivity index (χ1n) is 11.8. The van der Waals surface area contributed by atoms with Gasteiger partial charge in [-0.2, -0.15) is 13.2 Å². The quantitative estimate of drug-likeness (QED) is 0.150. The van der Waals surface area contributed by atoms with Gasteiger partial charge in [0.05, 0.1) is 24.4 Å². The fourth-order valence-electron chi connectivity index (χ4n) is 3.75. The maximum Gasteiger partial charge on any atom is 0.418 e. The van der Waals surface area contributed by atoms with Gasteiger partial charge in [0.25, 0.3) is 0 Å². The average Bonchev–Trinajstić information content (AvgIpc) is 3.31. The van der Waals surface area contributed by atoms with Gasteiger partial charge in [0.1, 0.15) is 5.25 Å². The summed E-state index contributed by atoms with van der Waals surface area (Å²) in [5.41, 5.74) is -0.0926. The number of nitrogens with zero attached hydrogens (tertiary/aromatic N) is 3. The molecule has 39 heavy (non-hydrogen) atoms. The van der Waals surface area contributed by atoms with Crippen LogP contribution in [0.15, 0.2) is 78.0 Å². The Balaban J connectivity index is 1.71. The molecular weight excluding hydrogens is 572 g/mol. The summed E-state index contributed by atoms with van der Waals surface area (Å²) in [5, 5.41) is 11.0. The lowest BCUT2D eigenvalue weighted by Gasteiger charge is -2.19. The monoisotopic (exact) mass is 594 g/mol. The standard InChI is InChI=1S/C27H23Cl2F3N4O2S/c1-2-38-15-14-36-24(18-8-10-19(28)11-9-18)34-35-26(36)39-23(17-6-4-3-5-7-17)25(37)33-22-13-12-20(29)16-21(22)27(30,31)32/h3-13,16,23H,2,14-15H2,1H3,(H,33,37). The van der Waals surface area contributed by atoms with Crippen molar-refractivity contribution in [1.29, 1.82) is 0 Å². The molecule has 204 valence electrons. The van der Waals surface area contributed by atoms with Crippen molar-refractivity contribution in [2.24, 2.45) is 0 Å². The second kappa shape index (κ2) is 12.9. The number of nitrogens with one attached hydrogen (secondary N) is 1. The molecule has 12 heteroatoms. The molecule has 3 aromatic carbocycles. The molecule has 4 aromatic rings. The number of aromatic nitrogens is 3. The van der Waals surface area contributed by atoms with Crippen molar-refractivity contribution >= 4 is 46.6 Å². The van der Waals surface area contributed by atoms with E-state index in [2.05, 4.69) is 15.5 Å². The van der Waals surface area contributed by atoms with Crippen LogP contribution < -0.4 is 5.32 Å². The summed E-state index contributed by atoms with van der Waals surface area (Å²) in [6.45, 7) is 3.15. The Morgan fingerprint density at radius 3 is 2.38 bits per heavy atom. The lowest BCUT2D eigenvalue weighted by molar-refractivity contribution is -0.137. The van der Waals surface area contributed by atoms with E-state index in [9.17, 15) is 18.0 Å². The summed E-state index contributed by atoms with van der Waals surface area (Å²) >= 11 is 12.9. The summed E-state index contributed by atoms with van der Waals surface area (Å²) in [5.74, 6) is -0.121. The minimum atomic E-state index is -4.71. The van der Waals surface area contributed by atoms with Gasteiger partial charge >= 0.3 is 6.18 Å². The first-order chi connectivity index (χ1) is 18.7. The lowest BCUT2D eigenvalue weighted by Crippen LogP contribution is -2.22. The van der Waals surface area contributed by atoms with E-state index in [4.69, 9.17) is 27.9 Å². The molecular formula is C27H23Cl2F3N4O2S. The van der Waals surface area contributed by atoms with Crippen molar-refractivity contribution in [3.8, 4) is 11.4 Å². The molecule has 0 saturated heterocycles. The predicted octanol–water partition coefficient (Wildman–Crippen LogP) is 7.78. The number of benzene rings is 3. The molecule has 0 spiro atoms. The van der Waals surface area contributed by atoms with Gasteiger partial charge in [0, 0.05) is 22.2 Å². The molecule has 0 fully saturated rings. The fourth-order valence-corrected chi connectivity index (χ4v) is 5.12. The van der Waals surface area contributed by atoms with Gasteiger partial charge < -0.3 is 10.1 Å². The molecule has 1 aromatic heterocycles. The van der Waals surface area contributed by atoms with Gasteiger partial charge in [-0.3, -0.25) is 9.36 Å². The topological polar surface area (TPSA) is 69.0 Å². The maximum absolute atomic E-state index is 13.7. The van der Waals surface area contributed by atoms with Crippen LogP contribution in [0.1, 0.15) is 23.3 Å². The molecule has 6 nitrogen and oxygen atoms in total. The van der Waals surface area contributed by atoms with Gasteiger partial charge in [-0.05, 0) is 55.0 Å². The van der Waals surface area contributed by atoms with E-state index in [1.165, 1.54) is 6.07 Å². The number of halogens is 5. The minimum absolute atomic E-state index is 0.0913. The van der Waals surface area contributed by atoms with E-state index in [-0.39, 0.29) is 5.02 Å². The van der Waals surface area contributed by atoms with E-state index in [1.54, 1.807) is 54.6 Å². The van der Waals surface area contributed by atoms with E-state index in [0.29, 0.717) is 41.3 Å². The Labute approximate surface area is 237 Å². The highest BCUT2D eigenvalue weighted by Gasteiger charge is 2.35. The van der Waals surface area contributed by atoms with Gasteiger partial charge in [-0.1, -0.05) is 65.3 Å². The smallest absolute Gasteiger partial charge is 0.380 e. The molecule has 0 aliphatic carbocycles. The number of amides is 1. The third-order valence-electron chi connectivity index (χ3n) is 5.59.